The molecule has 2 N–H and O–H groups in total. The Bertz CT molecular complexity index is 416. The maximum absolute atomic E-state index is 6.25. The second-order valence-corrected chi connectivity index (χ2v) is 5.99. The van der Waals surface area contributed by atoms with Crippen molar-refractivity contribution in [2.45, 2.75) is 32.4 Å². The van der Waals surface area contributed by atoms with Crippen LogP contribution in [0, 0.1) is 5.92 Å². The lowest BCUT2D eigenvalue weighted by atomic mass is 10.0. The Morgan fingerprint density at radius 3 is 2.58 bits per heavy atom. The van der Waals surface area contributed by atoms with Gasteiger partial charge in [0.2, 0.25) is 0 Å². The maximum Gasteiger partial charge on any atom is 0.0415 e. The molecule has 2 rings (SSSR count). The van der Waals surface area contributed by atoms with Crippen molar-refractivity contribution in [1.29, 1.82) is 0 Å². The third kappa shape index (κ3) is 2.93. The number of rotatable bonds is 4. The average molecular weight is 261 g/mol. The van der Waals surface area contributed by atoms with E-state index in [0.29, 0.717) is 12.0 Å². The van der Waals surface area contributed by atoms with E-state index in [1.165, 1.54) is 11.3 Å². The number of para-hydroxylation sites is 1. The fourth-order valence-electron chi connectivity index (χ4n) is 3.13. The van der Waals surface area contributed by atoms with Gasteiger partial charge in [-0.15, -0.1) is 0 Å². The number of nitrogens with zero attached hydrogens (tertiary/aromatic N) is 2. The summed E-state index contributed by atoms with van der Waals surface area (Å²) < 4.78 is 0. The van der Waals surface area contributed by atoms with Crippen LogP contribution in [-0.2, 0) is 0 Å². The molecule has 3 heteroatoms. The molecule has 1 aromatic carbocycles. The van der Waals surface area contributed by atoms with Crippen molar-refractivity contribution in [2.24, 2.45) is 11.7 Å². The fourth-order valence-corrected chi connectivity index (χ4v) is 3.13. The van der Waals surface area contributed by atoms with Crippen LogP contribution in [-0.4, -0.2) is 38.1 Å². The number of likely N-dealkylation sites (N-methyl/N-ethyl adjacent to an activating group) is 1. The molecule has 3 nitrogen and oxygen atoms in total. The molecule has 0 radical (unpaired) electrons. The summed E-state index contributed by atoms with van der Waals surface area (Å²) in [6, 6.07) is 9.38. The SMILES string of the molecule is CC[C@@H](N)c1ccccc1N1CC(C)C(N(C)C)C1. The van der Waals surface area contributed by atoms with Crippen molar-refractivity contribution >= 4 is 5.69 Å². The molecule has 0 amide bonds. The van der Waals surface area contributed by atoms with Gasteiger partial charge in [-0.25, -0.2) is 0 Å². The Kier molecular flexibility index (Phi) is 4.48. The van der Waals surface area contributed by atoms with Crippen LogP contribution in [0.5, 0.6) is 0 Å². The van der Waals surface area contributed by atoms with E-state index in [4.69, 9.17) is 5.73 Å². The number of benzene rings is 1. The topological polar surface area (TPSA) is 32.5 Å². The lowest BCUT2D eigenvalue weighted by Crippen LogP contribution is -2.34. The van der Waals surface area contributed by atoms with Crippen LogP contribution in [0.1, 0.15) is 31.9 Å². The molecule has 19 heavy (non-hydrogen) atoms. The molecule has 0 bridgehead atoms. The predicted molar refractivity (Wildman–Crippen MR) is 82.5 cm³/mol. The molecule has 0 saturated carbocycles. The molecule has 3 atom stereocenters. The van der Waals surface area contributed by atoms with Gasteiger partial charge in [0.05, 0.1) is 0 Å². The van der Waals surface area contributed by atoms with E-state index in [9.17, 15) is 0 Å². The first-order valence-corrected chi connectivity index (χ1v) is 7.30. The van der Waals surface area contributed by atoms with Gasteiger partial charge in [-0.3, -0.25) is 0 Å². The molecule has 1 saturated heterocycles. The third-order valence-corrected chi connectivity index (χ3v) is 4.35. The minimum absolute atomic E-state index is 0.143. The van der Waals surface area contributed by atoms with Crippen molar-refractivity contribution < 1.29 is 0 Å². The van der Waals surface area contributed by atoms with Gasteiger partial charge in [0.1, 0.15) is 0 Å². The molecule has 1 heterocycles. The Morgan fingerprint density at radius 1 is 1.32 bits per heavy atom. The summed E-state index contributed by atoms with van der Waals surface area (Å²) in [5.41, 5.74) is 8.87. The maximum atomic E-state index is 6.25. The first kappa shape index (κ1) is 14.4. The predicted octanol–water partition coefficient (Wildman–Crippen LogP) is 2.48. The lowest BCUT2D eigenvalue weighted by molar-refractivity contribution is 0.266. The highest BCUT2D eigenvalue weighted by Gasteiger charge is 2.32. The normalized spacial score (nSPS) is 25.1. The highest BCUT2D eigenvalue weighted by molar-refractivity contribution is 5.56. The highest BCUT2D eigenvalue weighted by atomic mass is 15.2. The number of nitrogens with two attached hydrogens (primary N) is 1. The Labute approximate surface area is 117 Å². The summed E-state index contributed by atoms with van der Waals surface area (Å²) in [5.74, 6) is 0.695. The number of hydrogen-bond donors (Lipinski definition) is 1. The molecule has 106 valence electrons. The van der Waals surface area contributed by atoms with Gasteiger partial charge in [0, 0.05) is 30.9 Å². The zero-order chi connectivity index (χ0) is 14.0. The van der Waals surface area contributed by atoms with Crippen LogP contribution >= 0.6 is 0 Å². The van der Waals surface area contributed by atoms with Crippen LogP contribution in [0.4, 0.5) is 5.69 Å². The van der Waals surface area contributed by atoms with Gasteiger partial charge in [-0.05, 0) is 38.1 Å². The van der Waals surface area contributed by atoms with Crippen molar-refractivity contribution in [3.8, 4) is 0 Å². The largest absolute Gasteiger partial charge is 0.369 e. The Balaban J connectivity index is 2.24. The molecule has 1 aliphatic heterocycles. The average Bonchev–Trinajstić information content (AvgIpc) is 2.80. The molecular weight excluding hydrogens is 234 g/mol. The smallest absolute Gasteiger partial charge is 0.0415 e. The Morgan fingerprint density at radius 2 is 2.00 bits per heavy atom. The summed E-state index contributed by atoms with van der Waals surface area (Å²) in [5, 5.41) is 0. The van der Waals surface area contributed by atoms with E-state index in [2.05, 4.69) is 62.0 Å². The van der Waals surface area contributed by atoms with Crippen molar-refractivity contribution in [2.75, 3.05) is 32.1 Å². The second kappa shape index (κ2) is 5.93. The van der Waals surface area contributed by atoms with Gasteiger partial charge in [-0.2, -0.15) is 0 Å². The van der Waals surface area contributed by atoms with Crippen LogP contribution in [0.25, 0.3) is 0 Å². The summed E-state index contributed by atoms with van der Waals surface area (Å²) in [6.45, 7) is 6.71. The van der Waals surface area contributed by atoms with Gasteiger partial charge < -0.3 is 15.5 Å². The lowest BCUT2D eigenvalue weighted by Gasteiger charge is -2.25. The molecule has 1 fully saturated rings. The zero-order valence-corrected chi connectivity index (χ0v) is 12.6. The van der Waals surface area contributed by atoms with E-state index in [1.54, 1.807) is 0 Å². The first-order chi connectivity index (χ1) is 9.04. The summed E-state index contributed by atoms with van der Waals surface area (Å²) in [7, 11) is 4.35. The van der Waals surface area contributed by atoms with E-state index >= 15 is 0 Å². The quantitative estimate of drug-likeness (QED) is 0.904. The highest BCUT2D eigenvalue weighted by Crippen LogP contribution is 2.31. The van der Waals surface area contributed by atoms with Gasteiger partial charge in [-0.1, -0.05) is 32.0 Å². The van der Waals surface area contributed by atoms with Crippen LogP contribution < -0.4 is 10.6 Å². The summed E-state index contributed by atoms with van der Waals surface area (Å²) in [6.07, 6.45) is 0.984. The summed E-state index contributed by atoms with van der Waals surface area (Å²) in [4.78, 5) is 4.84. The monoisotopic (exact) mass is 261 g/mol. The second-order valence-electron chi connectivity index (χ2n) is 5.99. The third-order valence-electron chi connectivity index (χ3n) is 4.35. The molecule has 2 unspecified atom stereocenters. The first-order valence-electron chi connectivity index (χ1n) is 7.30. The van der Waals surface area contributed by atoms with E-state index in [0.717, 1.165) is 19.5 Å². The minimum atomic E-state index is 0.143. The zero-order valence-electron chi connectivity index (χ0n) is 12.6. The molecular formula is C16H27N3. The molecule has 1 aromatic rings. The van der Waals surface area contributed by atoms with Crippen molar-refractivity contribution in [3.63, 3.8) is 0 Å². The van der Waals surface area contributed by atoms with Crippen molar-refractivity contribution in [1.82, 2.24) is 4.90 Å². The van der Waals surface area contributed by atoms with Crippen LogP contribution in [0.2, 0.25) is 0 Å². The van der Waals surface area contributed by atoms with Gasteiger partial charge in [0.15, 0.2) is 0 Å². The standard InChI is InChI=1S/C16H27N3/c1-5-14(17)13-8-6-7-9-15(13)19-10-12(2)16(11-19)18(3)4/h6-9,12,14,16H,5,10-11,17H2,1-4H3/t12?,14-,16?/m1/s1. The van der Waals surface area contributed by atoms with Gasteiger partial charge >= 0.3 is 0 Å². The summed E-state index contributed by atoms with van der Waals surface area (Å²) >= 11 is 0. The minimum Gasteiger partial charge on any atom is -0.369 e. The number of hydrogen-bond acceptors (Lipinski definition) is 3. The molecule has 0 spiro atoms. The number of anilines is 1. The molecule has 1 aliphatic rings. The van der Waals surface area contributed by atoms with E-state index in [1.807, 2.05) is 0 Å². The molecule has 0 aromatic heterocycles. The van der Waals surface area contributed by atoms with Crippen molar-refractivity contribution in [3.05, 3.63) is 29.8 Å². The fraction of sp³-hybridized carbons (Fsp3) is 0.625. The Hall–Kier alpha value is -1.06. The van der Waals surface area contributed by atoms with E-state index in [-0.39, 0.29) is 6.04 Å². The van der Waals surface area contributed by atoms with Crippen LogP contribution in [0.15, 0.2) is 24.3 Å². The van der Waals surface area contributed by atoms with E-state index < -0.39 is 0 Å². The van der Waals surface area contributed by atoms with Gasteiger partial charge in [0.25, 0.3) is 0 Å². The van der Waals surface area contributed by atoms with Crippen LogP contribution in [0.3, 0.4) is 0 Å². The molecule has 0 aliphatic carbocycles.